The molecule has 0 aliphatic carbocycles. The predicted molar refractivity (Wildman–Crippen MR) is 76.7 cm³/mol. The molecule has 0 aliphatic rings. The Morgan fingerprint density at radius 2 is 1.71 bits per heavy atom. The molecule has 0 aromatic heterocycles. The molecular formula is C15H19OS+. The first kappa shape index (κ1) is 12.5. The molecule has 1 N–H and O–H groups in total. The van der Waals surface area contributed by atoms with E-state index in [-0.39, 0.29) is 16.8 Å². The second-order valence-corrected chi connectivity index (χ2v) is 6.59. The molecule has 90 valence electrons. The van der Waals surface area contributed by atoms with Crippen molar-refractivity contribution in [2.75, 3.05) is 12.2 Å². The predicted octanol–water partition coefficient (Wildman–Crippen LogP) is 3.52. The molecule has 0 radical (unpaired) electrons. The zero-order valence-corrected chi connectivity index (χ0v) is 11.4. The average Bonchev–Trinajstić information content (AvgIpc) is 2.36. The van der Waals surface area contributed by atoms with Crippen LogP contribution in [0, 0.1) is 0 Å². The average molecular weight is 247 g/mol. The van der Waals surface area contributed by atoms with Gasteiger partial charge in [0.15, 0.2) is 4.90 Å². The van der Waals surface area contributed by atoms with Crippen LogP contribution in [0.15, 0.2) is 41.3 Å². The fourth-order valence-electron chi connectivity index (χ4n) is 2.17. The molecule has 17 heavy (non-hydrogen) atoms. The van der Waals surface area contributed by atoms with Crippen molar-refractivity contribution in [2.45, 2.75) is 24.7 Å². The highest BCUT2D eigenvalue weighted by Gasteiger charge is 2.19. The summed E-state index contributed by atoms with van der Waals surface area (Å²) in [4.78, 5) is 1.27. The highest BCUT2D eigenvalue weighted by molar-refractivity contribution is 7.96. The van der Waals surface area contributed by atoms with Crippen molar-refractivity contribution in [3.63, 3.8) is 0 Å². The largest absolute Gasteiger partial charge is 0.352 e. The lowest BCUT2D eigenvalue weighted by molar-refractivity contribution is 0.372. The van der Waals surface area contributed by atoms with Crippen molar-refractivity contribution in [1.29, 1.82) is 0 Å². The Hall–Kier alpha value is -0.990. The normalized spacial score (nSPS) is 13.2. The van der Waals surface area contributed by atoms with E-state index in [0.29, 0.717) is 5.92 Å². The van der Waals surface area contributed by atoms with Gasteiger partial charge in [-0.15, -0.1) is 0 Å². The van der Waals surface area contributed by atoms with Crippen molar-refractivity contribution in [2.24, 2.45) is 0 Å². The Labute approximate surface area is 106 Å². The Bertz CT molecular complexity index is 519. The molecule has 2 rings (SSSR count). The highest BCUT2D eigenvalue weighted by Crippen LogP contribution is 2.30. The quantitative estimate of drug-likeness (QED) is 0.823. The minimum absolute atomic E-state index is 0.0809. The lowest BCUT2D eigenvalue weighted by Gasteiger charge is -2.12. The summed E-state index contributed by atoms with van der Waals surface area (Å²) in [5.74, 6) is 0.757. The molecule has 1 nitrogen and oxygen atoms in total. The monoisotopic (exact) mass is 247 g/mol. The van der Waals surface area contributed by atoms with Gasteiger partial charge in [-0.2, -0.15) is 0 Å². The molecule has 0 aliphatic heterocycles. The number of aliphatic hydroxyl groups excluding tert-OH is 1. The fraction of sp³-hybridized carbons (Fsp3) is 0.333. The maximum absolute atomic E-state index is 9.34. The molecule has 0 heterocycles. The van der Waals surface area contributed by atoms with E-state index in [1.54, 1.807) is 0 Å². The summed E-state index contributed by atoms with van der Waals surface area (Å²) in [5, 5.41) is 12.0. The first-order chi connectivity index (χ1) is 8.15. The summed E-state index contributed by atoms with van der Waals surface area (Å²) in [5.41, 5.74) is 1.39. The van der Waals surface area contributed by atoms with Gasteiger partial charge in [-0.1, -0.05) is 38.1 Å². The summed E-state index contributed by atoms with van der Waals surface area (Å²) in [6, 6.07) is 12.9. The second-order valence-electron chi connectivity index (χ2n) is 4.62. The fourth-order valence-corrected chi connectivity index (χ4v) is 3.16. The molecule has 0 amide bonds. The SMILES string of the molecule is CC(C)c1ccc([S+](C)CO)c2ccccc12. The third kappa shape index (κ3) is 2.33. The van der Waals surface area contributed by atoms with Gasteiger partial charge in [0.25, 0.3) is 0 Å². The van der Waals surface area contributed by atoms with Gasteiger partial charge in [-0.25, -0.2) is 0 Å². The standard InChI is InChI=1S/C15H19OS/c1-11(2)12-8-9-15(17(3)10-16)14-7-5-4-6-13(12)14/h4-9,11,16H,10H2,1-3H3/q+1. The van der Waals surface area contributed by atoms with Crippen LogP contribution < -0.4 is 0 Å². The van der Waals surface area contributed by atoms with Crippen molar-refractivity contribution >= 4 is 21.7 Å². The number of benzene rings is 2. The van der Waals surface area contributed by atoms with Gasteiger partial charge < -0.3 is 5.11 Å². The minimum atomic E-state index is -0.0809. The van der Waals surface area contributed by atoms with Crippen molar-refractivity contribution in [3.8, 4) is 0 Å². The molecule has 1 atom stereocenters. The van der Waals surface area contributed by atoms with Gasteiger partial charge in [0.05, 0.1) is 0 Å². The molecule has 2 aromatic carbocycles. The van der Waals surface area contributed by atoms with E-state index < -0.39 is 0 Å². The molecule has 0 spiro atoms. The van der Waals surface area contributed by atoms with E-state index >= 15 is 0 Å². The summed E-state index contributed by atoms with van der Waals surface area (Å²) in [7, 11) is -0.0809. The molecule has 0 saturated carbocycles. The van der Waals surface area contributed by atoms with Crippen molar-refractivity contribution in [1.82, 2.24) is 0 Å². The van der Waals surface area contributed by atoms with Crippen LogP contribution in [-0.2, 0) is 10.9 Å². The van der Waals surface area contributed by atoms with Crippen LogP contribution in [0.2, 0.25) is 0 Å². The van der Waals surface area contributed by atoms with E-state index in [4.69, 9.17) is 0 Å². The lowest BCUT2D eigenvalue weighted by atomic mass is 9.96. The van der Waals surface area contributed by atoms with Crippen LogP contribution in [-0.4, -0.2) is 17.3 Å². The maximum atomic E-state index is 9.34. The van der Waals surface area contributed by atoms with Gasteiger partial charge in [0, 0.05) is 16.3 Å². The Morgan fingerprint density at radius 3 is 2.29 bits per heavy atom. The number of rotatable bonds is 3. The molecule has 1 unspecified atom stereocenters. The number of hydrogen-bond acceptors (Lipinski definition) is 1. The zero-order valence-electron chi connectivity index (χ0n) is 10.6. The van der Waals surface area contributed by atoms with E-state index in [9.17, 15) is 5.11 Å². The molecule has 0 saturated heterocycles. The van der Waals surface area contributed by atoms with Crippen molar-refractivity contribution < 1.29 is 5.11 Å². The number of aliphatic hydroxyl groups is 1. The van der Waals surface area contributed by atoms with E-state index in [2.05, 4.69) is 56.5 Å². The third-order valence-corrected chi connectivity index (χ3v) is 4.60. The first-order valence-corrected chi connectivity index (χ1v) is 7.70. The number of hydrogen-bond donors (Lipinski definition) is 1. The van der Waals surface area contributed by atoms with Crippen molar-refractivity contribution in [3.05, 3.63) is 42.0 Å². The van der Waals surface area contributed by atoms with E-state index in [1.165, 1.54) is 21.2 Å². The maximum Gasteiger partial charge on any atom is 0.210 e. The smallest absolute Gasteiger partial charge is 0.210 e. The summed E-state index contributed by atoms with van der Waals surface area (Å²) in [6.45, 7) is 4.44. The summed E-state index contributed by atoms with van der Waals surface area (Å²) >= 11 is 0. The van der Waals surface area contributed by atoms with Crippen LogP contribution in [0.25, 0.3) is 10.8 Å². The van der Waals surface area contributed by atoms with Gasteiger partial charge in [-0.3, -0.25) is 0 Å². The van der Waals surface area contributed by atoms with Crippen LogP contribution in [0.1, 0.15) is 25.3 Å². The van der Waals surface area contributed by atoms with Crippen LogP contribution in [0.3, 0.4) is 0 Å². The molecular weight excluding hydrogens is 228 g/mol. The van der Waals surface area contributed by atoms with Crippen LogP contribution in [0.5, 0.6) is 0 Å². The molecule has 2 heteroatoms. The Kier molecular flexibility index (Phi) is 3.75. The van der Waals surface area contributed by atoms with E-state index in [0.717, 1.165) is 0 Å². The van der Waals surface area contributed by atoms with Crippen LogP contribution in [0.4, 0.5) is 0 Å². The van der Waals surface area contributed by atoms with Gasteiger partial charge in [0.2, 0.25) is 5.94 Å². The Balaban J connectivity index is 2.70. The van der Waals surface area contributed by atoms with Gasteiger partial charge in [0.1, 0.15) is 6.26 Å². The second kappa shape index (κ2) is 5.11. The van der Waals surface area contributed by atoms with Gasteiger partial charge >= 0.3 is 0 Å². The summed E-state index contributed by atoms with van der Waals surface area (Å²) in [6.07, 6.45) is 2.09. The highest BCUT2D eigenvalue weighted by atomic mass is 32.2. The first-order valence-electron chi connectivity index (χ1n) is 5.90. The Morgan fingerprint density at radius 1 is 1.06 bits per heavy atom. The molecule has 0 fully saturated rings. The minimum Gasteiger partial charge on any atom is -0.352 e. The zero-order chi connectivity index (χ0) is 12.4. The topological polar surface area (TPSA) is 20.2 Å². The van der Waals surface area contributed by atoms with E-state index in [1.807, 2.05) is 0 Å². The van der Waals surface area contributed by atoms with Crippen LogP contribution >= 0.6 is 0 Å². The summed E-state index contributed by atoms with van der Waals surface area (Å²) < 4.78 is 0. The van der Waals surface area contributed by atoms with Gasteiger partial charge in [-0.05, 0) is 29.0 Å². The number of fused-ring (bicyclic) bond motifs is 1. The third-order valence-electron chi connectivity index (χ3n) is 3.11. The molecule has 2 aromatic rings. The lowest BCUT2D eigenvalue weighted by Crippen LogP contribution is -2.06. The molecule has 0 bridgehead atoms.